The predicted molar refractivity (Wildman–Crippen MR) is 67.6 cm³/mol. The lowest BCUT2D eigenvalue weighted by Gasteiger charge is -2.43. The molecule has 1 unspecified atom stereocenters. The Morgan fingerprint density at radius 3 is 2.56 bits per heavy atom. The summed E-state index contributed by atoms with van der Waals surface area (Å²) >= 11 is 0. The molecule has 0 amide bonds. The third-order valence-corrected chi connectivity index (χ3v) is 3.67. The second-order valence-electron chi connectivity index (χ2n) is 5.20. The SMILES string of the molecule is COCCN(C(C)C)C1(CN)CCN(C)C1. The molecule has 16 heavy (non-hydrogen) atoms. The van der Waals surface area contributed by atoms with Gasteiger partial charge in [0.25, 0.3) is 0 Å². The fourth-order valence-corrected chi connectivity index (χ4v) is 2.81. The zero-order valence-electron chi connectivity index (χ0n) is 11.2. The number of likely N-dealkylation sites (N-methyl/N-ethyl adjacent to an activating group) is 1. The molecule has 0 aromatic heterocycles. The first-order valence-electron chi connectivity index (χ1n) is 6.20. The minimum absolute atomic E-state index is 0.154. The van der Waals surface area contributed by atoms with Gasteiger partial charge in [-0.25, -0.2) is 0 Å². The fraction of sp³-hybridized carbons (Fsp3) is 1.00. The van der Waals surface area contributed by atoms with E-state index in [0.29, 0.717) is 6.04 Å². The number of nitrogens with zero attached hydrogens (tertiary/aromatic N) is 2. The molecule has 1 atom stereocenters. The average molecular weight is 229 g/mol. The molecule has 1 fully saturated rings. The predicted octanol–water partition coefficient (Wildman–Crippen LogP) is 0.376. The standard InChI is InChI=1S/C12H27N3O/c1-11(2)15(7-8-16-4)12(9-13)5-6-14(3)10-12/h11H,5-10,13H2,1-4H3. The van der Waals surface area contributed by atoms with Gasteiger partial charge in [-0.2, -0.15) is 0 Å². The van der Waals surface area contributed by atoms with Crippen LogP contribution in [0.25, 0.3) is 0 Å². The summed E-state index contributed by atoms with van der Waals surface area (Å²) in [4.78, 5) is 4.88. The topological polar surface area (TPSA) is 41.7 Å². The molecule has 1 saturated heterocycles. The summed E-state index contributed by atoms with van der Waals surface area (Å²) in [6.45, 7) is 9.19. The summed E-state index contributed by atoms with van der Waals surface area (Å²) < 4.78 is 5.20. The van der Waals surface area contributed by atoms with Crippen molar-refractivity contribution in [3.05, 3.63) is 0 Å². The summed E-state index contributed by atoms with van der Waals surface area (Å²) in [5.74, 6) is 0. The minimum atomic E-state index is 0.154. The number of ether oxygens (including phenoxy) is 1. The number of rotatable bonds is 6. The number of hydrogen-bond donors (Lipinski definition) is 1. The van der Waals surface area contributed by atoms with Crippen LogP contribution in [0.2, 0.25) is 0 Å². The Balaban J connectivity index is 2.73. The van der Waals surface area contributed by atoms with Gasteiger partial charge in [0.1, 0.15) is 0 Å². The number of methoxy groups -OCH3 is 1. The Morgan fingerprint density at radius 2 is 2.19 bits per heavy atom. The second kappa shape index (κ2) is 5.96. The van der Waals surface area contributed by atoms with E-state index in [9.17, 15) is 0 Å². The highest BCUT2D eigenvalue weighted by atomic mass is 16.5. The Kier molecular flexibility index (Phi) is 5.18. The zero-order valence-corrected chi connectivity index (χ0v) is 11.2. The number of likely N-dealkylation sites (tertiary alicyclic amines) is 1. The van der Waals surface area contributed by atoms with Gasteiger partial charge in [-0.05, 0) is 33.9 Å². The molecule has 96 valence electrons. The first kappa shape index (κ1) is 13.9. The van der Waals surface area contributed by atoms with E-state index in [-0.39, 0.29) is 5.54 Å². The van der Waals surface area contributed by atoms with Crippen LogP contribution in [0.1, 0.15) is 20.3 Å². The molecule has 4 heteroatoms. The third-order valence-electron chi connectivity index (χ3n) is 3.67. The minimum Gasteiger partial charge on any atom is -0.383 e. The fourth-order valence-electron chi connectivity index (χ4n) is 2.81. The van der Waals surface area contributed by atoms with Crippen LogP contribution >= 0.6 is 0 Å². The van der Waals surface area contributed by atoms with Crippen LogP contribution in [0.15, 0.2) is 0 Å². The lowest BCUT2D eigenvalue weighted by molar-refractivity contribution is 0.0404. The molecule has 0 aromatic rings. The Bertz CT molecular complexity index is 210. The molecule has 0 aliphatic carbocycles. The van der Waals surface area contributed by atoms with Crippen LogP contribution in [0.3, 0.4) is 0 Å². The van der Waals surface area contributed by atoms with Crippen LogP contribution in [0.4, 0.5) is 0 Å². The van der Waals surface area contributed by atoms with Crippen molar-refractivity contribution in [3.8, 4) is 0 Å². The molecule has 1 heterocycles. The average Bonchev–Trinajstić information content (AvgIpc) is 2.61. The van der Waals surface area contributed by atoms with Gasteiger partial charge in [0.05, 0.1) is 6.61 Å². The maximum absolute atomic E-state index is 6.03. The van der Waals surface area contributed by atoms with Crippen molar-refractivity contribution in [2.45, 2.75) is 31.8 Å². The zero-order chi connectivity index (χ0) is 12.2. The largest absolute Gasteiger partial charge is 0.383 e. The Morgan fingerprint density at radius 1 is 1.50 bits per heavy atom. The summed E-state index contributed by atoms with van der Waals surface area (Å²) in [7, 11) is 3.93. The lowest BCUT2D eigenvalue weighted by atomic mass is 9.94. The van der Waals surface area contributed by atoms with E-state index in [0.717, 1.165) is 32.8 Å². The normalized spacial score (nSPS) is 27.2. The molecule has 0 spiro atoms. The maximum Gasteiger partial charge on any atom is 0.0590 e. The van der Waals surface area contributed by atoms with Gasteiger partial charge >= 0.3 is 0 Å². The molecule has 0 radical (unpaired) electrons. The Hall–Kier alpha value is -0.160. The lowest BCUT2D eigenvalue weighted by Crippen LogP contribution is -2.58. The monoisotopic (exact) mass is 229 g/mol. The van der Waals surface area contributed by atoms with E-state index in [1.54, 1.807) is 7.11 Å². The van der Waals surface area contributed by atoms with E-state index in [1.165, 1.54) is 6.42 Å². The summed E-state index contributed by atoms with van der Waals surface area (Å²) in [5, 5.41) is 0. The molecule has 4 nitrogen and oxygen atoms in total. The van der Waals surface area contributed by atoms with Gasteiger partial charge < -0.3 is 15.4 Å². The molecule has 2 N–H and O–H groups in total. The van der Waals surface area contributed by atoms with Crippen LogP contribution in [-0.2, 0) is 4.74 Å². The summed E-state index contributed by atoms with van der Waals surface area (Å²) in [6, 6.07) is 0.519. The highest BCUT2D eigenvalue weighted by molar-refractivity contribution is 5.00. The molecule has 0 aromatic carbocycles. The third kappa shape index (κ3) is 2.94. The van der Waals surface area contributed by atoms with E-state index >= 15 is 0 Å². The molecule has 0 bridgehead atoms. The first-order chi connectivity index (χ1) is 7.55. The molecule has 0 saturated carbocycles. The van der Waals surface area contributed by atoms with Crippen LogP contribution in [0.5, 0.6) is 0 Å². The van der Waals surface area contributed by atoms with Gasteiger partial charge in [0, 0.05) is 38.3 Å². The van der Waals surface area contributed by atoms with Crippen molar-refractivity contribution in [1.82, 2.24) is 9.80 Å². The second-order valence-corrected chi connectivity index (χ2v) is 5.20. The summed E-state index contributed by atoms with van der Waals surface area (Å²) in [5.41, 5.74) is 6.19. The highest BCUT2D eigenvalue weighted by Crippen LogP contribution is 2.28. The smallest absolute Gasteiger partial charge is 0.0590 e. The van der Waals surface area contributed by atoms with Crippen LogP contribution < -0.4 is 5.73 Å². The van der Waals surface area contributed by atoms with Crippen molar-refractivity contribution in [2.75, 3.05) is 46.9 Å². The van der Waals surface area contributed by atoms with E-state index in [4.69, 9.17) is 10.5 Å². The van der Waals surface area contributed by atoms with Gasteiger partial charge in [-0.15, -0.1) is 0 Å². The van der Waals surface area contributed by atoms with Crippen molar-refractivity contribution >= 4 is 0 Å². The van der Waals surface area contributed by atoms with Crippen molar-refractivity contribution < 1.29 is 4.74 Å². The van der Waals surface area contributed by atoms with Gasteiger partial charge in [-0.3, -0.25) is 4.90 Å². The molecule has 1 aliphatic heterocycles. The molecule has 1 aliphatic rings. The highest BCUT2D eigenvalue weighted by Gasteiger charge is 2.41. The van der Waals surface area contributed by atoms with Crippen molar-refractivity contribution in [2.24, 2.45) is 5.73 Å². The quantitative estimate of drug-likeness (QED) is 0.715. The van der Waals surface area contributed by atoms with Crippen molar-refractivity contribution in [3.63, 3.8) is 0 Å². The molecular formula is C12H27N3O. The van der Waals surface area contributed by atoms with Crippen LogP contribution in [0, 0.1) is 0 Å². The van der Waals surface area contributed by atoms with Crippen molar-refractivity contribution in [1.29, 1.82) is 0 Å². The van der Waals surface area contributed by atoms with E-state index in [1.807, 2.05) is 0 Å². The molecular weight excluding hydrogens is 202 g/mol. The number of nitrogens with two attached hydrogens (primary N) is 1. The maximum atomic E-state index is 6.03. The van der Waals surface area contributed by atoms with Gasteiger partial charge in [0.15, 0.2) is 0 Å². The van der Waals surface area contributed by atoms with E-state index in [2.05, 4.69) is 30.7 Å². The van der Waals surface area contributed by atoms with E-state index < -0.39 is 0 Å². The van der Waals surface area contributed by atoms with Gasteiger partial charge in [0.2, 0.25) is 0 Å². The van der Waals surface area contributed by atoms with Gasteiger partial charge in [-0.1, -0.05) is 0 Å². The van der Waals surface area contributed by atoms with Crippen LogP contribution in [-0.4, -0.2) is 68.3 Å². The molecule has 1 rings (SSSR count). The Labute approximate surface area is 99.7 Å². The summed E-state index contributed by atoms with van der Waals surface area (Å²) in [6.07, 6.45) is 1.17. The first-order valence-corrected chi connectivity index (χ1v) is 6.20. The number of hydrogen-bond acceptors (Lipinski definition) is 4.